The third-order valence-electron chi connectivity index (χ3n) is 3.42. The number of rotatable bonds is 6. The lowest BCUT2D eigenvalue weighted by atomic mass is 10.1. The molecule has 0 aromatic heterocycles. The van der Waals surface area contributed by atoms with Crippen molar-refractivity contribution in [1.29, 1.82) is 0 Å². The summed E-state index contributed by atoms with van der Waals surface area (Å²) in [5, 5.41) is 5.12. The van der Waals surface area contributed by atoms with Crippen molar-refractivity contribution < 1.29 is 32.2 Å². The van der Waals surface area contributed by atoms with E-state index in [9.17, 15) is 18.0 Å². The molecule has 0 aliphatic rings. The molecule has 0 aliphatic carbocycles. The van der Waals surface area contributed by atoms with Gasteiger partial charge >= 0.3 is 11.9 Å². The smallest absolute Gasteiger partial charge is 0.338 e. The molecule has 138 valence electrons. The van der Waals surface area contributed by atoms with Crippen LogP contribution in [0.3, 0.4) is 0 Å². The van der Waals surface area contributed by atoms with Gasteiger partial charge in [-0.15, -0.1) is 0 Å². The van der Waals surface area contributed by atoms with E-state index >= 15 is 0 Å². The average molecular weight is 379 g/mol. The fraction of sp³-hybridized carbons (Fsp3) is 0.176. The van der Waals surface area contributed by atoms with Crippen LogP contribution in [0.4, 0.5) is 0 Å². The maximum Gasteiger partial charge on any atom is 0.338 e. The Hall–Kier alpha value is -2.91. The minimum Gasteiger partial charge on any atom is -0.495 e. The Bertz CT molecular complexity index is 938. The maximum absolute atomic E-state index is 12.2. The fourth-order valence-corrected chi connectivity index (χ4v) is 2.89. The summed E-state index contributed by atoms with van der Waals surface area (Å²) in [6.45, 7) is -0.111. The van der Waals surface area contributed by atoms with Crippen LogP contribution < -0.4 is 9.88 Å². The molecule has 0 bridgehead atoms. The molecule has 0 aliphatic heterocycles. The Balaban J connectivity index is 2.17. The predicted octanol–water partition coefficient (Wildman–Crippen LogP) is 1.49. The van der Waals surface area contributed by atoms with Gasteiger partial charge in [0.25, 0.3) is 0 Å². The first-order valence-electron chi connectivity index (χ1n) is 7.31. The van der Waals surface area contributed by atoms with Crippen LogP contribution >= 0.6 is 0 Å². The van der Waals surface area contributed by atoms with Gasteiger partial charge in [-0.25, -0.2) is 23.1 Å². The normalized spacial score (nSPS) is 10.9. The lowest BCUT2D eigenvalue weighted by molar-refractivity contribution is 0.0472. The number of benzene rings is 2. The number of ether oxygens (including phenoxy) is 3. The SMILES string of the molecule is COC(=O)c1cccc(COC(=O)c2ccc(OC)c(S(N)(=O)=O)c2)c1. The first-order valence-corrected chi connectivity index (χ1v) is 8.86. The molecule has 2 aromatic carbocycles. The largest absolute Gasteiger partial charge is 0.495 e. The summed E-state index contributed by atoms with van der Waals surface area (Å²) < 4.78 is 37.9. The molecule has 8 nitrogen and oxygen atoms in total. The van der Waals surface area contributed by atoms with Crippen LogP contribution in [0.25, 0.3) is 0 Å². The summed E-state index contributed by atoms with van der Waals surface area (Å²) in [6.07, 6.45) is 0. The molecule has 0 heterocycles. The second kappa shape index (κ2) is 7.98. The number of esters is 2. The molecular formula is C17H17NO7S. The lowest BCUT2D eigenvalue weighted by Gasteiger charge is -2.10. The summed E-state index contributed by atoms with van der Waals surface area (Å²) in [5.41, 5.74) is 0.891. The van der Waals surface area contributed by atoms with E-state index in [1.807, 2.05) is 0 Å². The maximum atomic E-state index is 12.2. The van der Waals surface area contributed by atoms with Gasteiger partial charge in [0.1, 0.15) is 17.3 Å². The summed E-state index contributed by atoms with van der Waals surface area (Å²) in [5.74, 6) is -1.23. The molecule has 0 saturated carbocycles. The van der Waals surface area contributed by atoms with Gasteiger partial charge in [0, 0.05) is 0 Å². The molecule has 0 atom stereocenters. The number of carbonyl (C=O) groups is 2. The Labute approximate surface area is 150 Å². The molecule has 2 rings (SSSR count). The first-order chi connectivity index (χ1) is 12.3. The van der Waals surface area contributed by atoms with E-state index in [4.69, 9.17) is 14.6 Å². The molecular weight excluding hydrogens is 362 g/mol. The zero-order valence-corrected chi connectivity index (χ0v) is 14.9. The van der Waals surface area contributed by atoms with Crippen LogP contribution in [0, 0.1) is 0 Å². The highest BCUT2D eigenvalue weighted by atomic mass is 32.2. The van der Waals surface area contributed by atoms with Crippen molar-refractivity contribution >= 4 is 22.0 Å². The number of methoxy groups -OCH3 is 2. The Morgan fingerprint density at radius 2 is 1.69 bits per heavy atom. The number of hydrogen-bond acceptors (Lipinski definition) is 7. The molecule has 0 saturated heterocycles. The standard InChI is InChI=1S/C17H17NO7S/c1-23-14-7-6-13(9-15(14)26(18,21)22)17(20)25-10-11-4-3-5-12(8-11)16(19)24-2/h3-9H,10H2,1-2H3,(H2,18,21,22). The minimum atomic E-state index is -4.07. The third-order valence-corrected chi connectivity index (χ3v) is 4.36. The van der Waals surface area contributed by atoms with Crippen molar-refractivity contribution in [3.8, 4) is 5.75 Å². The van der Waals surface area contributed by atoms with E-state index in [-0.39, 0.29) is 22.8 Å². The number of nitrogens with two attached hydrogens (primary N) is 1. The summed E-state index contributed by atoms with van der Waals surface area (Å²) in [4.78, 5) is 23.4. The highest BCUT2D eigenvalue weighted by Gasteiger charge is 2.19. The van der Waals surface area contributed by atoms with Crippen LogP contribution in [-0.2, 0) is 26.1 Å². The molecule has 0 spiro atoms. The van der Waals surface area contributed by atoms with Crippen LogP contribution in [-0.4, -0.2) is 34.6 Å². The van der Waals surface area contributed by atoms with Crippen molar-refractivity contribution in [1.82, 2.24) is 0 Å². The number of sulfonamides is 1. The van der Waals surface area contributed by atoms with E-state index in [0.717, 1.165) is 6.07 Å². The highest BCUT2D eigenvalue weighted by molar-refractivity contribution is 7.89. The van der Waals surface area contributed by atoms with Crippen molar-refractivity contribution in [3.63, 3.8) is 0 Å². The van der Waals surface area contributed by atoms with Gasteiger partial charge in [0.05, 0.1) is 25.3 Å². The fourth-order valence-electron chi connectivity index (χ4n) is 2.16. The topological polar surface area (TPSA) is 122 Å². The summed E-state index contributed by atoms with van der Waals surface area (Å²) in [6, 6.07) is 10.2. The van der Waals surface area contributed by atoms with Gasteiger partial charge in [-0.2, -0.15) is 0 Å². The second-order valence-corrected chi connectivity index (χ2v) is 6.71. The lowest BCUT2D eigenvalue weighted by Crippen LogP contribution is -2.15. The third kappa shape index (κ3) is 4.58. The zero-order valence-electron chi connectivity index (χ0n) is 14.1. The quantitative estimate of drug-likeness (QED) is 0.754. The molecule has 26 heavy (non-hydrogen) atoms. The van der Waals surface area contributed by atoms with E-state index in [1.54, 1.807) is 18.2 Å². The van der Waals surface area contributed by atoms with Gasteiger partial charge in [-0.1, -0.05) is 12.1 Å². The second-order valence-electron chi connectivity index (χ2n) is 5.18. The average Bonchev–Trinajstić information content (AvgIpc) is 2.64. The van der Waals surface area contributed by atoms with Crippen molar-refractivity contribution in [2.24, 2.45) is 5.14 Å². The Morgan fingerprint density at radius 3 is 2.31 bits per heavy atom. The molecule has 2 N–H and O–H groups in total. The summed E-state index contributed by atoms with van der Waals surface area (Å²) >= 11 is 0. The molecule has 0 radical (unpaired) electrons. The summed E-state index contributed by atoms with van der Waals surface area (Å²) in [7, 11) is -1.52. The van der Waals surface area contributed by atoms with Crippen LogP contribution in [0.2, 0.25) is 0 Å². The minimum absolute atomic E-state index is 0.000975. The number of carbonyl (C=O) groups excluding carboxylic acids is 2. The highest BCUT2D eigenvalue weighted by Crippen LogP contribution is 2.24. The van der Waals surface area contributed by atoms with E-state index in [2.05, 4.69) is 4.74 Å². The van der Waals surface area contributed by atoms with E-state index in [1.165, 1.54) is 32.4 Å². The van der Waals surface area contributed by atoms with Crippen molar-refractivity contribution in [2.45, 2.75) is 11.5 Å². The van der Waals surface area contributed by atoms with Gasteiger partial charge in [0.2, 0.25) is 10.0 Å². The van der Waals surface area contributed by atoms with Gasteiger partial charge in [-0.05, 0) is 35.9 Å². The van der Waals surface area contributed by atoms with Gasteiger partial charge in [0.15, 0.2) is 0 Å². The monoisotopic (exact) mass is 379 g/mol. The van der Waals surface area contributed by atoms with E-state index < -0.39 is 22.0 Å². The molecule has 0 amide bonds. The van der Waals surface area contributed by atoms with Crippen LogP contribution in [0.15, 0.2) is 47.4 Å². The number of primary sulfonamides is 1. The van der Waals surface area contributed by atoms with E-state index in [0.29, 0.717) is 11.1 Å². The molecule has 2 aromatic rings. The van der Waals surface area contributed by atoms with Crippen molar-refractivity contribution in [2.75, 3.05) is 14.2 Å². The van der Waals surface area contributed by atoms with Gasteiger partial charge < -0.3 is 14.2 Å². The van der Waals surface area contributed by atoms with Gasteiger partial charge in [-0.3, -0.25) is 0 Å². The first kappa shape index (κ1) is 19.4. The zero-order chi connectivity index (χ0) is 19.3. The molecule has 9 heteroatoms. The number of hydrogen-bond donors (Lipinski definition) is 1. The predicted molar refractivity (Wildman–Crippen MR) is 91.3 cm³/mol. The van der Waals surface area contributed by atoms with Crippen LogP contribution in [0.5, 0.6) is 5.75 Å². The molecule has 0 unspecified atom stereocenters. The Morgan fingerprint density at radius 1 is 1.00 bits per heavy atom. The van der Waals surface area contributed by atoms with Crippen molar-refractivity contribution in [3.05, 3.63) is 59.2 Å². The molecule has 0 fully saturated rings. The van der Waals surface area contributed by atoms with Crippen LogP contribution in [0.1, 0.15) is 26.3 Å². The Kier molecular flexibility index (Phi) is 5.96.